The molecule has 0 aliphatic carbocycles. The number of ether oxygens (including phenoxy) is 1. The first-order valence-corrected chi connectivity index (χ1v) is 8.43. The Balaban J connectivity index is 1.86. The van der Waals surface area contributed by atoms with E-state index >= 15 is 0 Å². The van der Waals surface area contributed by atoms with Crippen molar-refractivity contribution in [2.24, 2.45) is 4.99 Å². The van der Waals surface area contributed by atoms with Crippen LogP contribution in [0.15, 0.2) is 35.3 Å². The average Bonchev–Trinajstić information content (AvgIpc) is 3.01. The third-order valence-electron chi connectivity index (χ3n) is 4.26. The molecule has 1 fully saturated rings. The predicted molar refractivity (Wildman–Crippen MR) is 95.7 cm³/mol. The number of rotatable bonds is 7. The van der Waals surface area contributed by atoms with Crippen LogP contribution >= 0.6 is 0 Å². The number of nitrogens with zero attached hydrogens (tertiary/aromatic N) is 3. The zero-order chi connectivity index (χ0) is 16.5. The molecule has 5 heteroatoms. The second kappa shape index (κ2) is 9.53. The van der Waals surface area contributed by atoms with Crippen LogP contribution in [0.1, 0.15) is 18.4 Å². The Labute approximate surface area is 140 Å². The molecule has 1 heterocycles. The van der Waals surface area contributed by atoms with Crippen molar-refractivity contribution < 1.29 is 4.74 Å². The molecule has 0 bridgehead atoms. The number of hydrogen-bond donors (Lipinski definition) is 1. The number of likely N-dealkylation sites (tertiary alicyclic amines) is 1. The fourth-order valence-corrected chi connectivity index (χ4v) is 2.94. The lowest BCUT2D eigenvalue weighted by Gasteiger charge is -2.26. The molecule has 1 atom stereocenters. The molecule has 1 aliphatic rings. The molecule has 128 valence electrons. The number of methoxy groups -OCH3 is 1. The summed E-state index contributed by atoms with van der Waals surface area (Å²) in [6.07, 6.45) is 2.52. The van der Waals surface area contributed by atoms with Crippen LogP contribution in [0.25, 0.3) is 0 Å². The first-order chi connectivity index (χ1) is 11.2. The Bertz CT molecular complexity index is 475. The summed E-state index contributed by atoms with van der Waals surface area (Å²) >= 11 is 0. The average molecular weight is 318 g/mol. The fraction of sp³-hybridized carbons (Fsp3) is 0.611. The minimum atomic E-state index is 0.576. The molecule has 1 unspecified atom stereocenters. The fourth-order valence-electron chi connectivity index (χ4n) is 2.94. The van der Waals surface area contributed by atoms with Crippen molar-refractivity contribution in [2.45, 2.75) is 25.4 Å². The van der Waals surface area contributed by atoms with E-state index < -0.39 is 0 Å². The molecule has 1 N–H and O–H groups in total. The number of nitrogens with one attached hydrogen (secondary N) is 1. The van der Waals surface area contributed by atoms with E-state index in [1.807, 2.05) is 20.2 Å². The Morgan fingerprint density at radius 2 is 2.13 bits per heavy atom. The SMILES string of the molecule is COCCN1CCCC1CNC(=NCc1ccccc1)N(C)C. The Morgan fingerprint density at radius 1 is 1.35 bits per heavy atom. The van der Waals surface area contributed by atoms with Crippen LogP contribution in [0.4, 0.5) is 0 Å². The van der Waals surface area contributed by atoms with Gasteiger partial charge >= 0.3 is 0 Å². The molecule has 0 radical (unpaired) electrons. The molecule has 5 nitrogen and oxygen atoms in total. The van der Waals surface area contributed by atoms with E-state index in [1.54, 1.807) is 7.11 Å². The van der Waals surface area contributed by atoms with E-state index in [1.165, 1.54) is 24.9 Å². The highest BCUT2D eigenvalue weighted by Crippen LogP contribution is 2.15. The van der Waals surface area contributed by atoms with E-state index in [0.717, 1.165) is 25.7 Å². The van der Waals surface area contributed by atoms with Gasteiger partial charge in [0.05, 0.1) is 13.2 Å². The lowest BCUT2D eigenvalue weighted by molar-refractivity contribution is 0.141. The number of aliphatic imine (C=N–C) groups is 1. The van der Waals surface area contributed by atoms with E-state index in [-0.39, 0.29) is 0 Å². The highest BCUT2D eigenvalue weighted by atomic mass is 16.5. The zero-order valence-electron chi connectivity index (χ0n) is 14.7. The van der Waals surface area contributed by atoms with Crippen LogP contribution in [0.2, 0.25) is 0 Å². The van der Waals surface area contributed by atoms with Gasteiger partial charge in [-0.15, -0.1) is 0 Å². The maximum absolute atomic E-state index is 5.21. The minimum absolute atomic E-state index is 0.576. The maximum atomic E-state index is 5.21. The van der Waals surface area contributed by atoms with Crippen LogP contribution in [-0.2, 0) is 11.3 Å². The Morgan fingerprint density at radius 3 is 2.83 bits per heavy atom. The normalized spacial score (nSPS) is 19.1. The van der Waals surface area contributed by atoms with Crippen molar-refractivity contribution in [1.29, 1.82) is 0 Å². The van der Waals surface area contributed by atoms with E-state index in [4.69, 9.17) is 9.73 Å². The van der Waals surface area contributed by atoms with Crippen LogP contribution in [0.3, 0.4) is 0 Å². The third kappa shape index (κ3) is 5.84. The largest absolute Gasteiger partial charge is 0.383 e. The van der Waals surface area contributed by atoms with Crippen LogP contribution < -0.4 is 5.32 Å². The molecule has 1 saturated heterocycles. The van der Waals surface area contributed by atoms with Gasteiger partial charge in [0.15, 0.2) is 5.96 Å². The first kappa shape index (κ1) is 17.8. The number of benzene rings is 1. The lowest BCUT2D eigenvalue weighted by Crippen LogP contribution is -2.45. The van der Waals surface area contributed by atoms with Gasteiger partial charge in [0, 0.05) is 40.3 Å². The standard InChI is InChI=1S/C18H30N4O/c1-21(2)18(19-14-16-8-5-4-6-9-16)20-15-17-10-7-11-22(17)12-13-23-3/h4-6,8-9,17H,7,10-15H2,1-3H3,(H,19,20). The van der Waals surface area contributed by atoms with Gasteiger partial charge in [-0.1, -0.05) is 30.3 Å². The van der Waals surface area contributed by atoms with Gasteiger partial charge < -0.3 is 15.0 Å². The molecular weight excluding hydrogens is 288 g/mol. The van der Waals surface area contributed by atoms with E-state index in [9.17, 15) is 0 Å². The Kier molecular flexibility index (Phi) is 7.36. The van der Waals surface area contributed by atoms with Crippen molar-refractivity contribution in [1.82, 2.24) is 15.1 Å². The van der Waals surface area contributed by atoms with Crippen LogP contribution in [0.5, 0.6) is 0 Å². The highest BCUT2D eigenvalue weighted by molar-refractivity contribution is 5.79. The molecule has 1 aromatic carbocycles. The van der Waals surface area contributed by atoms with Gasteiger partial charge in [0.2, 0.25) is 0 Å². The summed E-state index contributed by atoms with van der Waals surface area (Å²) in [4.78, 5) is 9.30. The summed E-state index contributed by atoms with van der Waals surface area (Å²) < 4.78 is 5.21. The zero-order valence-corrected chi connectivity index (χ0v) is 14.7. The minimum Gasteiger partial charge on any atom is -0.383 e. The predicted octanol–water partition coefficient (Wildman–Crippen LogP) is 1.80. The summed E-state index contributed by atoms with van der Waals surface area (Å²) in [6, 6.07) is 10.9. The monoisotopic (exact) mass is 318 g/mol. The van der Waals surface area contributed by atoms with Crippen molar-refractivity contribution in [3.8, 4) is 0 Å². The molecule has 0 spiro atoms. The summed E-state index contributed by atoms with van der Waals surface area (Å²) in [5.74, 6) is 0.951. The topological polar surface area (TPSA) is 40.1 Å². The number of hydrogen-bond acceptors (Lipinski definition) is 3. The van der Waals surface area contributed by atoms with Gasteiger partial charge in [-0.3, -0.25) is 4.90 Å². The maximum Gasteiger partial charge on any atom is 0.193 e. The van der Waals surface area contributed by atoms with Gasteiger partial charge in [-0.2, -0.15) is 0 Å². The molecule has 0 aromatic heterocycles. The van der Waals surface area contributed by atoms with Gasteiger partial charge in [0.25, 0.3) is 0 Å². The summed E-state index contributed by atoms with van der Waals surface area (Å²) in [5.41, 5.74) is 1.23. The molecule has 23 heavy (non-hydrogen) atoms. The smallest absolute Gasteiger partial charge is 0.193 e. The van der Waals surface area contributed by atoms with E-state index in [0.29, 0.717) is 12.6 Å². The van der Waals surface area contributed by atoms with Crippen molar-refractivity contribution in [3.63, 3.8) is 0 Å². The van der Waals surface area contributed by atoms with E-state index in [2.05, 4.69) is 39.4 Å². The van der Waals surface area contributed by atoms with Gasteiger partial charge in [-0.05, 0) is 24.9 Å². The highest BCUT2D eigenvalue weighted by Gasteiger charge is 2.24. The Hall–Kier alpha value is -1.59. The molecule has 2 rings (SSSR count). The molecule has 0 saturated carbocycles. The summed E-state index contributed by atoms with van der Waals surface area (Å²) in [7, 11) is 5.84. The molecule has 0 amide bonds. The van der Waals surface area contributed by atoms with Gasteiger partial charge in [0.1, 0.15) is 0 Å². The molecule has 1 aromatic rings. The second-order valence-corrected chi connectivity index (χ2v) is 6.23. The lowest BCUT2D eigenvalue weighted by atomic mass is 10.2. The summed E-state index contributed by atoms with van der Waals surface area (Å²) in [6.45, 7) is 4.64. The first-order valence-electron chi connectivity index (χ1n) is 8.43. The number of guanidine groups is 1. The van der Waals surface area contributed by atoms with Crippen LogP contribution in [-0.4, -0.2) is 69.2 Å². The quantitative estimate of drug-likeness (QED) is 0.615. The molecular formula is C18H30N4O. The third-order valence-corrected chi connectivity index (χ3v) is 4.26. The van der Waals surface area contributed by atoms with Crippen molar-refractivity contribution in [3.05, 3.63) is 35.9 Å². The van der Waals surface area contributed by atoms with Crippen molar-refractivity contribution in [2.75, 3.05) is 47.4 Å². The second-order valence-electron chi connectivity index (χ2n) is 6.23. The van der Waals surface area contributed by atoms with Gasteiger partial charge in [-0.25, -0.2) is 4.99 Å². The molecule has 1 aliphatic heterocycles. The van der Waals surface area contributed by atoms with Crippen LogP contribution in [0, 0.1) is 0 Å². The summed E-state index contributed by atoms with van der Waals surface area (Å²) in [5, 5.41) is 3.53. The van der Waals surface area contributed by atoms with Crippen molar-refractivity contribution >= 4 is 5.96 Å².